The van der Waals surface area contributed by atoms with E-state index in [4.69, 9.17) is 0 Å². The molecule has 162 valence electrons. The molecule has 0 aliphatic heterocycles. The first kappa shape index (κ1) is 23.9. The molecule has 1 atom stereocenters. The number of nitrogens with zero attached hydrogens (tertiary/aromatic N) is 2. The van der Waals surface area contributed by atoms with Gasteiger partial charge in [-0.25, -0.2) is 8.42 Å². The number of hydrogen-bond acceptors (Lipinski definition) is 4. The predicted molar refractivity (Wildman–Crippen MR) is 122 cm³/mol. The standard InChI is InChI=1S/C21H26BrN3O4S/c1-16(21(27)23-2)24(14-13-17-9-5-4-6-10-17)20(26)15-25(30(3,28)29)19-12-8-7-11-18(19)22/h4-12,16H,13-15H2,1-3H3,(H,23,27)/t16-/m1/s1. The Kier molecular flexibility index (Phi) is 8.43. The molecule has 30 heavy (non-hydrogen) atoms. The third kappa shape index (κ3) is 6.30. The van der Waals surface area contributed by atoms with Crippen LogP contribution in [0.5, 0.6) is 0 Å². The molecule has 2 aromatic rings. The molecule has 0 unspecified atom stereocenters. The Morgan fingerprint density at radius 3 is 2.23 bits per heavy atom. The number of carbonyl (C=O) groups is 2. The van der Waals surface area contributed by atoms with Crippen molar-refractivity contribution in [2.45, 2.75) is 19.4 Å². The molecule has 0 saturated heterocycles. The van der Waals surface area contributed by atoms with Crippen LogP contribution in [0.1, 0.15) is 12.5 Å². The van der Waals surface area contributed by atoms with Crippen LogP contribution in [0.3, 0.4) is 0 Å². The number of rotatable bonds is 9. The Balaban J connectivity index is 2.30. The third-order valence-corrected chi connectivity index (χ3v) is 6.50. The van der Waals surface area contributed by atoms with Crippen LogP contribution in [0.25, 0.3) is 0 Å². The smallest absolute Gasteiger partial charge is 0.244 e. The number of nitrogens with one attached hydrogen (secondary N) is 1. The van der Waals surface area contributed by atoms with Crippen LogP contribution < -0.4 is 9.62 Å². The van der Waals surface area contributed by atoms with Gasteiger partial charge in [-0.05, 0) is 47.0 Å². The van der Waals surface area contributed by atoms with E-state index >= 15 is 0 Å². The van der Waals surface area contributed by atoms with E-state index in [2.05, 4.69) is 21.2 Å². The topological polar surface area (TPSA) is 86.8 Å². The lowest BCUT2D eigenvalue weighted by molar-refractivity contribution is -0.138. The average Bonchev–Trinajstić information content (AvgIpc) is 2.72. The van der Waals surface area contributed by atoms with Crippen LogP contribution in [0, 0.1) is 0 Å². The summed E-state index contributed by atoms with van der Waals surface area (Å²) in [6.45, 7) is 1.51. The summed E-state index contributed by atoms with van der Waals surface area (Å²) in [6.07, 6.45) is 1.60. The van der Waals surface area contributed by atoms with Gasteiger partial charge in [0.1, 0.15) is 12.6 Å². The van der Waals surface area contributed by atoms with Gasteiger partial charge in [-0.3, -0.25) is 13.9 Å². The molecule has 0 aliphatic carbocycles. The second-order valence-electron chi connectivity index (χ2n) is 6.83. The van der Waals surface area contributed by atoms with Gasteiger partial charge < -0.3 is 10.2 Å². The minimum atomic E-state index is -3.73. The summed E-state index contributed by atoms with van der Waals surface area (Å²) in [5.41, 5.74) is 1.38. The maximum Gasteiger partial charge on any atom is 0.244 e. The maximum absolute atomic E-state index is 13.2. The van der Waals surface area contributed by atoms with Crippen molar-refractivity contribution in [3.8, 4) is 0 Å². The highest BCUT2D eigenvalue weighted by molar-refractivity contribution is 9.10. The molecule has 0 spiro atoms. The van der Waals surface area contributed by atoms with Crippen molar-refractivity contribution in [3.05, 3.63) is 64.6 Å². The Bertz CT molecular complexity index is 983. The number of benzene rings is 2. The molecule has 7 nitrogen and oxygen atoms in total. The van der Waals surface area contributed by atoms with E-state index in [1.807, 2.05) is 30.3 Å². The first-order valence-corrected chi connectivity index (χ1v) is 12.1. The lowest BCUT2D eigenvalue weighted by atomic mass is 10.1. The maximum atomic E-state index is 13.2. The zero-order chi connectivity index (χ0) is 22.3. The van der Waals surface area contributed by atoms with Gasteiger partial charge in [0.05, 0.1) is 11.9 Å². The van der Waals surface area contributed by atoms with Crippen molar-refractivity contribution in [3.63, 3.8) is 0 Å². The highest BCUT2D eigenvalue weighted by Gasteiger charge is 2.29. The van der Waals surface area contributed by atoms with Crippen LogP contribution in [0.2, 0.25) is 0 Å². The highest BCUT2D eigenvalue weighted by atomic mass is 79.9. The minimum absolute atomic E-state index is 0.283. The molecule has 0 radical (unpaired) electrons. The number of anilines is 1. The first-order chi connectivity index (χ1) is 14.1. The molecule has 0 aliphatic rings. The van der Waals surface area contributed by atoms with Gasteiger partial charge in [0.2, 0.25) is 21.8 Å². The van der Waals surface area contributed by atoms with Crippen molar-refractivity contribution < 1.29 is 18.0 Å². The van der Waals surface area contributed by atoms with Gasteiger partial charge in [-0.1, -0.05) is 42.5 Å². The average molecular weight is 496 g/mol. The molecule has 0 saturated carbocycles. The Morgan fingerprint density at radius 2 is 1.67 bits per heavy atom. The lowest BCUT2D eigenvalue weighted by Gasteiger charge is -2.31. The Labute approximate surface area is 186 Å². The SMILES string of the molecule is CNC(=O)[C@@H](C)N(CCc1ccccc1)C(=O)CN(c1ccccc1Br)S(C)(=O)=O. The molecule has 2 aromatic carbocycles. The zero-order valence-corrected chi connectivity index (χ0v) is 19.6. The molecule has 2 amide bonds. The van der Waals surface area contributed by atoms with Gasteiger partial charge in [-0.2, -0.15) is 0 Å². The minimum Gasteiger partial charge on any atom is -0.357 e. The van der Waals surface area contributed by atoms with Crippen molar-refractivity contribution in [1.29, 1.82) is 0 Å². The summed E-state index contributed by atoms with van der Waals surface area (Å²) in [5, 5.41) is 2.55. The van der Waals surface area contributed by atoms with Crippen molar-refractivity contribution in [1.82, 2.24) is 10.2 Å². The van der Waals surface area contributed by atoms with Crippen LogP contribution >= 0.6 is 15.9 Å². The summed E-state index contributed by atoms with van der Waals surface area (Å²) in [5.74, 6) is -0.772. The zero-order valence-electron chi connectivity index (χ0n) is 17.2. The number of likely N-dealkylation sites (N-methyl/N-ethyl adjacent to an activating group) is 1. The van der Waals surface area contributed by atoms with Crippen molar-refractivity contribution >= 4 is 43.5 Å². The van der Waals surface area contributed by atoms with Crippen LogP contribution in [0.4, 0.5) is 5.69 Å². The van der Waals surface area contributed by atoms with E-state index in [-0.39, 0.29) is 12.5 Å². The van der Waals surface area contributed by atoms with E-state index in [0.29, 0.717) is 16.6 Å². The van der Waals surface area contributed by atoms with Crippen LogP contribution in [0.15, 0.2) is 59.1 Å². The van der Waals surface area contributed by atoms with E-state index in [1.54, 1.807) is 31.2 Å². The number of halogens is 1. The van der Waals surface area contributed by atoms with E-state index in [9.17, 15) is 18.0 Å². The molecule has 0 heterocycles. The molecule has 0 aromatic heterocycles. The third-order valence-electron chi connectivity index (χ3n) is 4.70. The molecule has 9 heteroatoms. The summed E-state index contributed by atoms with van der Waals surface area (Å²) in [6, 6.07) is 15.6. The molecule has 0 bridgehead atoms. The largest absolute Gasteiger partial charge is 0.357 e. The molecule has 1 N–H and O–H groups in total. The highest BCUT2D eigenvalue weighted by Crippen LogP contribution is 2.27. The number of hydrogen-bond donors (Lipinski definition) is 1. The fourth-order valence-electron chi connectivity index (χ4n) is 3.03. The number of carbonyl (C=O) groups excluding carboxylic acids is 2. The number of para-hydroxylation sites is 1. The van der Waals surface area contributed by atoms with Gasteiger partial charge >= 0.3 is 0 Å². The van der Waals surface area contributed by atoms with Crippen LogP contribution in [-0.2, 0) is 26.0 Å². The Hall–Kier alpha value is -2.39. The molecular formula is C21H26BrN3O4S. The summed E-state index contributed by atoms with van der Waals surface area (Å²) in [4.78, 5) is 26.8. The van der Waals surface area contributed by atoms with E-state index < -0.39 is 28.5 Å². The summed E-state index contributed by atoms with van der Waals surface area (Å²) < 4.78 is 26.5. The van der Waals surface area contributed by atoms with Gasteiger partial charge in [0.15, 0.2) is 0 Å². The normalized spacial score (nSPS) is 12.1. The number of amides is 2. The quantitative estimate of drug-likeness (QED) is 0.578. The molecular weight excluding hydrogens is 470 g/mol. The van der Waals surface area contributed by atoms with E-state index in [0.717, 1.165) is 16.1 Å². The first-order valence-electron chi connectivity index (χ1n) is 9.42. The van der Waals surface area contributed by atoms with Crippen molar-refractivity contribution in [2.75, 3.05) is 30.7 Å². The molecule has 0 fully saturated rings. The summed E-state index contributed by atoms with van der Waals surface area (Å²) >= 11 is 3.35. The second-order valence-corrected chi connectivity index (χ2v) is 9.60. The fourth-order valence-corrected chi connectivity index (χ4v) is 4.51. The lowest BCUT2D eigenvalue weighted by Crippen LogP contribution is -2.51. The van der Waals surface area contributed by atoms with E-state index in [1.165, 1.54) is 11.9 Å². The Morgan fingerprint density at radius 1 is 1.07 bits per heavy atom. The second kappa shape index (κ2) is 10.6. The van der Waals surface area contributed by atoms with Crippen LogP contribution in [-0.4, -0.2) is 57.6 Å². The monoisotopic (exact) mass is 495 g/mol. The van der Waals surface area contributed by atoms with Gasteiger partial charge in [0.25, 0.3) is 0 Å². The molecule has 2 rings (SSSR count). The van der Waals surface area contributed by atoms with Gasteiger partial charge in [0, 0.05) is 18.1 Å². The van der Waals surface area contributed by atoms with Crippen molar-refractivity contribution in [2.24, 2.45) is 0 Å². The van der Waals surface area contributed by atoms with Gasteiger partial charge in [-0.15, -0.1) is 0 Å². The predicted octanol–water partition coefficient (Wildman–Crippen LogP) is 2.42. The number of sulfonamides is 1. The summed E-state index contributed by atoms with van der Waals surface area (Å²) in [7, 11) is -2.23. The fraction of sp³-hybridized carbons (Fsp3) is 0.333.